The molecule has 1 aliphatic carbocycles. The first kappa shape index (κ1) is 21.3. The van der Waals surface area contributed by atoms with E-state index in [0.29, 0.717) is 23.6 Å². The number of aromatic nitrogens is 1. The van der Waals surface area contributed by atoms with Crippen LogP contribution >= 0.6 is 0 Å². The molecule has 1 aromatic heterocycles. The summed E-state index contributed by atoms with van der Waals surface area (Å²) in [7, 11) is 1.61. The van der Waals surface area contributed by atoms with Crippen molar-refractivity contribution in [2.45, 2.75) is 25.8 Å². The molecule has 2 aliphatic rings. The summed E-state index contributed by atoms with van der Waals surface area (Å²) in [5.41, 5.74) is 2.13. The normalized spacial score (nSPS) is 17.2. The summed E-state index contributed by atoms with van der Waals surface area (Å²) in [6.07, 6.45) is 7.21. The highest BCUT2D eigenvalue weighted by molar-refractivity contribution is 6.44. The number of amides is 2. The van der Waals surface area contributed by atoms with Crippen LogP contribution in [0.2, 0.25) is 0 Å². The fourth-order valence-corrected chi connectivity index (χ4v) is 3.48. The van der Waals surface area contributed by atoms with Crippen LogP contribution in [0.15, 0.2) is 56.1 Å². The van der Waals surface area contributed by atoms with Gasteiger partial charge in [-0.3, -0.25) is 14.2 Å². The summed E-state index contributed by atoms with van der Waals surface area (Å²) >= 11 is 0. The first-order valence-electron chi connectivity index (χ1n) is 10.4. The fraction of sp³-hybridized carbons (Fsp3) is 0.318. The van der Waals surface area contributed by atoms with Gasteiger partial charge in [0.05, 0.1) is 5.52 Å². The van der Waals surface area contributed by atoms with Crippen molar-refractivity contribution in [3.63, 3.8) is 0 Å². The van der Waals surface area contributed by atoms with Crippen LogP contribution in [0.25, 0.3) is 11.1 Å². The van der Waals surface area contributed by atoms with Gasteiger partial charge in [0.1, 0.15) is 17.2 Å². The number of hydrogen-bond acceptors (Lipinski definition) is 7. The van der Waals surface area contributed by atoms with E-state index in [1.807, 2.05) is 0 Å². The third-order valence-corrected chi connectivity index (χ3v) is 5.59. The minimum atomic E-state index is -0.465. The fourth-order valence-electron chi connectivity index (χ4n) is 3.48. The lowest BCUT2D eigenvalue weighted by atomic mass is 9.85. The van der Waals surface area contributed by atoms with Gasteiger partial charge in [-0.25, -0.2) is 9.79 Å². The number of nitrogens with one attached hydrogen (secondary N) is 4. The second-order valence-corrected chi connectivity index (χ2v) is 7.82. The lowest BCUT2D eigenvalue weighted by Gasteiger charge is -2.26. The Hall–Kier alpha value is -3.95. The highest BCUT2D eigenvalue weighted by Gasteiger charge is 2.23. The van der Waals surface area contributed by atoms with Gasteiger partial charge in [-0.1, -0.05) is 12.5 Å². The summed E-state index contributed by atoms with van der Waals surface area (Å²) in [5, 5.41) is 15.8. The zero-order chi connectivity index (χ0) is 22.7. The predicted molar refractivity (Wildman–Crippen MR) is 119 cm³/mol. The molecular weight excluding hydrogens is 412 g/mol. The molecule has 166 valence electrons. The van der Waals surface area contributed by atoms with Crippen molar-refractivity contribution in [1.29, 1.82) is 5.41 Å². The van der Waals surface area contributed by atoms with Crippen LogP contribution in [-0.4, -0.2) is 34.9 Å². The van der Waals surface area contributed by atoms with Crippen LogP contribution in [0.5, 0.6) is 0 Å². The molecule has 4 rings (SSSR count). The monoisotopic (exact) mass is 436 g/mol. The van der Waals surface area contributed by atoms with Crippen molar-refractivity contribution in [2.24, 2.45) is 18.0 Å². The average Bonchev–Trinajstić information content (AvgIpc) is 3.04. The third-order valence-electron chi connectivity index (χ3n) is 5.59. The molecule has 0 atom stereocenters. The van der Waals surface area contributed by atoms with E-state index in [-0.39, 0.29) is 29.7 Å². The van der Waals surface area contributed by atoms with Crippen LogP contribution < -0.4 is 21.7 Å². The van der Waals surface area contributed by atoms with Crippen LogP contribution in [-0.2, 0) is 23.2 Å². The van der Waals surface area contributed by atoms with Crippen molar-refractivity contribution < 1.29 is 14.0 Å². The van der Waals surface area contributed by atoms with Crippen LogP contribution in [0, 0.1) is 11.3 Å². The molecular formula is C22H24N6O4. The zero-order valence-corrected chi connectivity index (χ0v) is 17.6. The number of allylic oxidation sites excluding steroid dienone is 1. The van der Waals surface area contributed by atoms with Gasteiger partial charge in [-0.05, 0) is 48.6 Å². The first-order chi connectivity index (χ1) is 15.4. The Morgan fingerprint density at radius 2 is 2.12 bits per heavy atom. The van der Waals surface area contributed by atoms with Crippen LogP contribution in [0.1, 0.15) is 24.8 Å². The van der Waals surface area contributed by atoms with E-state index < -0.39 is 11.7 Å². The molecule has 0 spiro atoms. The second kappa shape index (κ2) is 9.04. The van der Waals surface area contributed by atoms with Gasteiger partial charge in [0.2, 0.25) is 0 Å². The van der Waals surface area contributed by atoms with E-state index in [0.717, 1.165) is 24.6 Å². The summed E-state index contributed by atoms with van der Waals surface area (Å²) in [5.74, 6) is -0.504. The van der Waals surface area contributed by atoms with E-state index in [1.165, 1.54) is 23.1 Å². The van der Waals surface area contributed by atoms with Crippen molar-refractivity contribution in [3.8, 4) is 0 Å². The molecule has 1 saturated carbocycles. The molecule has 2 heterocycles. The van der Waals surface area contributed by atoms with Gasteiger partial charge in [0.25, 0.3) is 11.8 Å². The van der Waals surface area contributed by atoms with Gasteiger partial charge >= 0.3 is 5.76 Å². The molecule has 0 bridgehead atoms. The number of benzene rings is 1. The topological polar surface area (TPSA) is 142 Å². The van der Waals surface area contributed by atoms with Gasteiger partial charge in [0.15, 0.2) is 5.58 Å². The Balaban J connectivity index is 1.46. The quantitative estimate of drug-likeness (QED) is 0.481. The van der Waals surface area contributed by atoms with Crippen molar-refractivity contribution in [3.05, 3.63) is 58.0 Å². The molecule has 10 heteroatoms. The van der Waals surface area contributed by atoms with E-state index in [2.05, 4.69) is 20.9 Å². The lowest BCUT2D eigenvalue weighted by Crippen LogP contribution is -2.39. The SMILES string of the molecule is Cn1c(=O)oc2ccc(CNC(=O)C3=N/C(=C/C=N)NC(C(=O)NCC4CCC4)=C3)cc21. The third kappa shape index (κ3) is 4.53. The molecule has 2 amide bonds. The molecule has 4 N–H and O–H groups in total. The van der Waals surface area contributed by atoms with Crippen molar-refractivity contribution in [2.75, 3.05) is 6.54 Å². The predicted octanol–water partition coefficient (Wildman–Crippen LogP) is 1.08. The lowest BCUT2D eigenvalue weighted by molar-refractivity contribution is -0.118. The zero-order valence-electron chi connectivity index (χ0n) is 17.6. The Labute approximate surface area is 183 Å². The van der Waals surface area contributed by atoms with E-state index >= 15 is 0 Å². The standard InChI is InChI=1S/C22H24N6O4/c1-28-17-9-14(5-6-18(17)32-22(28)31)12-25-21(30)16-10-15(26-19(27-16)7-8-23)20(29)24-11-13-3-2-4-13/h5-10,13,23,26H,2-4,11-12H2,1H3,(H,24,29)(H,25,30)/b19-7+,23-8?. The molecule has 1 aromatic carbocycles. The minimum Gasteiger partial charge on any atom is -0.408 e. The molecule has 2 aromatic rings. The van der Waals surface area contributed by atoms with E-state index in [1.54, 1.807) is 25.2 Å². The number of aryl methyl sites for hydroxylation is 1. The molecule has 32 heavy (non-hydrogen) atoms. The first-order valence-corrected chi connectivity index (χ1v) is 10.4. The maximum absolute atomic E-state index is 12.7. The summed E-state index contributed by atoms with van der Waals surface area (Å²) in [6, 6.07) is 5.20. The van der Waals surface area contributed by atoms with Crippen molar-refractivity contribution in [1.82, 2.24) is 20.5 Å². The molecule has 0 unspecified atom stereocenters. The highest BCUT2D eigenvalue weighted by atomic mass is 16.4. The van der Waals surface area contributed by atoms with Crippen LogP contribution in [0.4, 0.5) is 0 Å². The summed E-state index contributed by atoms with van der Waals surface area (Å²) in [6.45, 7) is 0.792. The summed E-state index contributed by atoms with van der Waals surface area (Å²) in [4.78, 5) is 41.1. The number of carbonyl (C=O) groups is 2. The van der Waals surface area contributed by atoms with E-state index in [9.17, 15) is 14.4 Å². The second-order valence-electron chi connectivity index (χ2n) is 7.82. The summed E-state index contributed by atoms with van der Waals surface area (Å²) < 4.78 is 6.50. The number of hydrogen-bond donors (Lipinski definition) is 4. The molecule has 1 fully saturated rings. The number of oxazole rings is 1. The number of nitrogens with zero attached hydrogens (tertiary/aromatic N) is 2. The Morgan fingerprint density at radius 1 is 1.31 bits per heavy atom. The number of rotatable bonds is 7. The van der Waals surface area contributed by atoms with Crippen LogP contribution in [0.3, 0.4) is 0 Å². The molecule has 10 nitrogen and oxygen atoms in total. The molecule has 1 aliphatic heterocycles. The van der Waals surface area contributed by atoms with Gasteiger partial charge in [-0.2, -0.15) is 0 Å². The Kier molecular flexibility index (Phi) is 6.02. The maximum atomic E-state index is 12.7. The average molecular weight is 436 g/mol. The number of fused-ring (bicyclic) bond motifs is 1. The van der Waals surface area contributed by atoms with Gasteiger partial charge in [-0.15, -0.1) is 0 Å². The molecule has 0 saturated heterocycles. The highest BCUT2D eigenvalue weighted by Crippen LogP contribution is 2.25. The molecule has 0 radical (unpaired) electrons. The number of carbonyl (C=O) groups excluding carboxylic acids is 2. The maximum Gasteiger partial charge on any atom is 0.419 e. The smallest absolute Gasteiger partial charge is 0.408 e. The van der Waals surface area contributed by atoms with Gasteiger partial charge in [0, 0.05) is 26.4 Å². The van der Waals surface area contributed by atoms with Gasteiger partial charge < -0.3 is 25.8 Å². The van der Waals surface area contributed by atoms with Crippen molar-refractivity contribution >= 4 is 34.8 Å². The van der Waals surface area contributed by atoms with E-state index in [4.69, 9.17) is 9.83 Å². The number of aliphatic imine (C=N–C) groups is 1. The largest absolute Gasteiger partial charge is 0.419 e. The minimum absolute atomic E-state index is 0.0578. The Morgan fingerprint density at radius 3 is 2.84 bits per heavy atom. The Bertz CT molecular complexity index is 1230.